The first kappa shape index (κ1) is 16.5. The van der Waals surface area contributed by atoms with E-state index >= 15 is 0 Å². The van der Waals surface area contributed by atoms with Gasteiger partial charge in [-0.05, 0) is 50.6 Å². The standard InChI is InChI=1S/C19H18BrN3O/c1-12-7-8-18(13(2)9-12)23-19(24)17(14(3)22-23)11-21-16-6-4-5-15(20)10-16/h4-11,22H,1-3H3. The summed E-state index contributed by atoms with van der Waals surface area (Å²) >= 11 is 3.42. The van der Waals surface area contributed by atoms with Crippen LogP contribution in [0.4, 0.5) is 5.69 Å². The van der Waals surface area contributed by atoms with Crippen molar-refractivity contribution < 1.29 is 0 Å². The highest BCUT2D eigenvalue weighted by Gasteiger charge is 2.12. The van der Waals surface area contributed by atoms with Gasteiger partial charge in [0.1, 0.15) is 0 Å². The van der Waals surface area contributed by atoms with Crippen LogP contribution in [0.3, 0.4) is 0 Å². The topological polar surface area (TPSA) is 50.1 Å². The molecule has 0 aliphatic heterocycles. The van der Waals surface area contributed by atoms with Crippen molar-refractivity contribution in [2.24, 2.45) is 4.99 Å². The number of rotatable bonds is 3. The summed E-state index contributed by atoms with van der Waals surface area (Å²) in [6, 6.07) is 13.7. The van der Waals surface area contributed by atoms with Gasteiger partial charge in [0.05, 0.1) is 16.9 Å². The Morgan fingerprint density at radius 3 is 2.62 bits per heavy atom. The average Bonchev–Trinajstić information content (AvgIpc) is 2.80. The SMILES string of the molecule is Cc1ccc(-n2[nH]c(C)c(C=Nc3cccc(Br)c3)c2=O)c(C)c1. The lowest BCUT2D eigenvalue weighted by Crippen LogP contribution is -2.18. The smallest absolute Gasteiger partial charge is 0.280 e. The Balaban J connectivity index is 2.02. The first-order chi connectivity index (χ1) is 11.5. The minimum Gasteiger partial charge on any atom is -0.295 e. The van der Waals surface area contributed by atoms with Crippen molar-refractivity contribution in [3.8, 4) is 5.69 Å². The molecule has 0 aliphatic rings. The molecule has 2 aromatic carbocycles. The molecule has 0 spiro atoms. The van der Waals surface area contributed by atoms with Crippen LogP contribution >= 0.6 is 15.9 Å². The Morgan fingerprint density at radius 1 is 1.12 bits per heavy atom. The van der Waals surface area contributed by atoms with Crippen LogP contribution in [0.25, 0.3) is 5.69 Å². The number of aryl methyl sites for hydroxylation is 3. The van der Waals surface area contributed by atoms with Gasteiger partial charge < -0.3 is 0 Å². The second-order valence-corrected chi connectivity index (χ2v) is 6.73. The summed E-state index contributed by atoms with van der Waals surface area (Å²) in [4.78, 5) is 17.2. The quantitative estimate of drug-likeness (QED) is 0.659. The van der Waals surface area contributed by atoms with E-state index in [1.54, 1.807) is 10.9 Å². The molecule has 3 rings (SSSR count). The Kier molecular flexibility index (Phi) is 4.53. The lowest BCUT2D eigenvalue weighted by Gasteiger charge is -2.06. The van der Waals surface area contributed by atoms with Crippen molar-refractivity contribution in [2.75, 3.05) is 0 Å². The van der Waals surface area contributed by atoms with Gasteiger partial charge in [-0.3, -0.25) is 14.9 Å². The molecule has 1 aromatic heterocycles. The maximum absolute atomic E-state index is 12.7. The number of aliphatic imine (C=N–C) groups is 1. The second kappa shape index (κ2) is 6.61. The van der Waals surface area contributed by atoms with Gasteiger partial charge in [-0.25, -0.2) is 4.68 Å². The van der Waals surface area contributed by atoms with Crippen LogP contribution < -0.4 is 5.56 Å². The van der Waals surface area contributed by atoms with Gasteiger partial charge in [-0.15, -0.1) is 0 Å². The minimum absolute atomic E-state index is 0.0989. The number of benzene rings is 2. The van der Waals surface area contributed by atoms with Gasteiger partial charge in [-0.2, -0.15) is 0 Å². The highest BCUT2D eigenvalue weighted by atomic mass is 79.9. The molecule has 0 aliphatic carbocycles. The fourth-order valence-electron chi connectivity index (χ4n) is 2.63. The van der Waals surface area contributed by atoms with Gasteiger partial charge in [0, 0.05) is 16.4 Å². The van der Waals surface area contributed by atoms with Crippen molar-refractivity contribution in [1.82, 2.24) is 9.78 Å². The fourth-order valence-corrected chi connectivity index (χ4v) is 3.02. The van der Waals surface area contributed by atoms with E-state index < -0.39 is 0 Å². The zero-order valence-electron chi connectivity index (χ0n) is 13.8. The normalized spacial score (nSPS) is 11.3. The van der Waals surface area contributed by atoms with E-state index in [1.165, 1.54) is 5.56 Å². The van der Waals surface area contributed by atoms with Gasteiger partial charge >= 0.3 is 0 Å². The number of nitrogens with zero attached hydrogens (tertiary/aromatic N) is 2. The van der Waals surface area contributed by atoms with Crippen molar-refractivity contribution in [1.29, 1.82) is 0 Å². The van der Waals surface area contributed by atoms with E-state index in [1.807, 2.05) is 57.2 Å². The molecule has 0 fully saturated rings. The molecule has 1 heterocycles. The number of H-pyrrole nitrogens is 1. The van der Waals surface area contributed by atoms with Crippen LogP contribution in [0.5, 0.6) is 0 Å². The number of halogens is 1. The number of hydrogen-bond acceptors (Lipinski definition) is 2. The van der Waals surface area contributed by atoms with Crippen LogP contribution in [0, 0.1) is 20.8 Å². The maximum atomic E-state index is 12.7. The first-order valence-electron chi connectivity index (χ1n) is 7.64. The molecule has 0 atom stereocenters. The Bertz CT molecular complexity index is 983. The first-order valence-corrected chi connectivity index (χ1v) is 8.44. The fraction of sp³-hybridized carbons (Fsp3) is 0.158. The predicted molar refractivity (Wildman–Crippen MR) is 102 cm³/mol. The molecule has 0 saturated carbocycles. The van der Waals surface area contributed by atoms with E-state index in [0.29, 0.717) is 5.56 Å². The van der Waals surface area contributed by atoms with Crippen molar-refractivity contribution >= 4 is 27.8 Å². The van der Waals surface area contributed by atoms with E-state index in [0.717, 1.165) is 27.1 Å². The van der Waals surface area contributed by atoms with Gasteiger partial charge in [0.2, 0.25) is 0 Å². The third kappa shape index (κ3) is 3.26. The van der Waals surface area contributed by atoms with Gasteiger partial charge in [0.25, 0.3) is 5.56 Å². The molecule has 0 amide bonds. The van der Waals surface area contributed by atoms with Crippen molar-refractivity contribution in [3.05, 3.63) is 79.7 Å². The molecule has 3 aromatic rings. The summed E-state index contributed by atoms with van der Waals surface area (Å²) in [7, 11) is 0. The van der Waals surface area contributed by atoms with Crippen LogP contribution in [0.15, 0.2) is 56.7 Å². The summed E-state index contributed by atoms with van der Waals surface area (Å²) in [6.45, 7) is 5.92. The lowest BCUT2D eigenvalue weighted by molar-refractivity contribution is 0.828. The molecule has 1 N–H and O–H groups in total. The van der Waals surface area contributed by atoms with E-state index in [-0.39, 0.29) is 5.56 Å². The number of nitrogens with one attached hydrogen (secondary N) is 1. The molecule has 0 unspecified atom stereocenters. The predicted octanol–water partition coefficient (Wildman–Crippen LogP) is 4.60. The largest absolute Gasteiger partial charge is 0.295 e. The summed E-state index contributed by atoms with van der Waals surface area (Å²) in [5, 5.41) is 3.14. The molecular formula is C19H18BrN3O. The molecular weight excluding hydrogens is 366 g/mol. The van der Waals surface area contributed by atoms with Crippen LogP contribution in [-0.2, 0) is 0 Å². The highest BCUT2D eigenvalue weighted by molar-refractivity contribution is 9.10. The average molecular weight is 384 g/mol. The van der Waals surface area contributed by atoms with Crippen LogP contribution in [0.2, 0.25) is 0 Å². The molecule has 0 saturated heterocycles. The molecule has 5 heteroatoms. The van der Waals surface area contributed by atoms with Gasteiger partial charge in [-0.1, -0.05) is 39.7 Å². The molecule has 0 bridgehead atoms. The Hall–Kier alpha value is -2.40. The summed E-state index contributed by atoms with van der Waals surface area (Å²) in [5.74, 6) is 0. The third-order valence-electron chi connectivity index (χ3n) is 3.86. The van der Waals surface area contributed by atoms with E-state index in [9.17, 15) is 4.79 Å². The third-order valence-corrected chi connectivity index (χ3v) is 4.35. The van der Waals surface area contributed by atoms with Crippen LogP contribution in [-0.4, -0.2) is 16.0 Å². The van der Waals surface area contributed by atoms with Crippen molar-refractivity contribution in [2.45, 2.75) is 20.8 Å². The molecule has 122 valence electrons. The number of aromatic amines is 1. The van der Waals surface area contributed by atoms with E-state index in [2.05, 4.69) is 32.1 Å². The highest BCUT2D eigenvalue weighted by Crippen LogP contribution is 2.18. The Morgan fingerprint density at radius 2 is 1.92 bits per heavy atom. The molecule has 24 heavy (non-hydrogen) atoms. The molecule has 0 radical (unpaired) electrons. The van der Waals surface area contributed by atoms with Crippen LogP contribution in [0.1, 0.15) is 22.4 Å². The lowest BCUT2D eigenvalue weighted by atomic mass is 10.1. The molecule has 4 nitrogen and oxygen atoms in total. The monoisotopic (exact) mass is 383 g/mol. The zero-order chi connectivity index (χ0) is 17.3. The zero-order valence-corrected chi connectivity index (χ0v) is 15.4. The number of aromatic nitrogens is 2. The van der Waals surface area contributed by atoms with Gasteiger partial charge in [0.15, 0.2) is 0 Å². The Labute approximate surface area is 149 Å². The number of hydrogen-bond donors (Lipinski definition) is 1. The maximum Gasteiger partial charge on any atom is 0.280 e. The summed E-state index contributed by atoms with van der Waals surface area (Å²) in [5.41, 5.74) is 5.13. The second-order valence-electron chi connectivity index (χ2n) is 5.82. The minimum atomic E-state index is -0.0989. The van der Waals surface area contributed by atoms with E-state index in [4.69, 9.17) is 0 Å². The van der Waals surface area contributed by atoms with Crippen molar-refractivity contribution in [3.63, 3.8) is 0 Å². The summed E-state index contributed by atoms with van der Waals surface area (Å²) < 4.78 is 2.53. The summed E-state index contributed by atoms with van der Waals surface area (Å²) in [6.07, 6.45) is 1.62.